The third-order valence-electron chi connectivity index (χ3n) is 9.87. The van der Waals surface area contributed by atoms with Crippen molar-refractivity contribution < 1.29 is 9.13 Å². The average Bonchev–Trinajstić information content (AvgIpc) is 3.80. The molecule has 1 aromatic heterocycles. The number of allylic oxidation sites excluding steroid dienone is 1. The summed E-state index contributed by atoms with van der Waals surface area (Å²) < 4.78 is 20.2. The highest BCUT2D eigenvalue weighted by molar-refractivity contribution is 5.97. The lowest BCUT2D eigenvalue weighted by Gasteiger charge is -2.42. The number of anilines is 2. The van der Waals surface area contributed by atoms with Gasteiger partial charge in [-0.1, -0.05) is 30.3 Å². The van der Waals surface area contributed by atoms with Gasteiger partial charge in [-0.05, 0) is 75.6 Å². The summed E-state index contributed by atoms with van der Waals surface area (Å²) in [5.74, 6) is 1.33. The fourth-order valence-corrected chi connectivity index (χ4v) is 7.38. The van der Waals surface area contributed by atoms with E-state index in [9.17, 15) is 9.65 Å². The maximum atomic E-state index is 13.9. The Morgan fingerprint density at radius 2 is 1.89 bits per heavy atom. The Balaban J connectivity index is 1.22. The quantitative estimate of drug-likeness (QED) is 0.325. The van der Waals surface area contributed by atoms with Gasteiger partial charge in [0.05, 0.1) is 30.8 Å². The van der Waals surface area contributed by atoms with Crippen molar-refractivity contribution in [3.05, 3.63) is 65.2 Å². The Hall–Kier alpha value is -3.90. The fourth-order valence-electron chi connectivity index (χ4n) is 7.38. The van der Waals surface area contributed by atoms with Crippen molar-refractivity contribution in [1.82, 2.24) is 19.8 Å². The van der Waals surface area contributed by atoms with Gasteiger partial charge in [0.2, 0.25) is 0 Å². The molecular weight excluding hydrogens is 553 g/mol. The van der Waals surface area contributed by atoms with Gasteiger partial charge in [0.1, 0.15) is 18.3 Å². The number of fused-ring (bicyclic) bond motifs is 2. The molecule has 230 valence electrons. The Morgan fingerprint density at radius 3 is 2.64 bits per heavy atom. The summed E-state index contributed by atoms with van der Waals surface area (Å²) in [6, 6.07) is 16.4. The minimum absolute atomic E-state index is 0.113. The SMILES string of the molecule is CC(F)=CN1CCN(c2nc(OC[C@@H]3CCCN3C)nc3c2CCN(c2cccc4cccc(C5CC5)c24)C3)C[C@@H]1CC#N. The molecule has 4 aliphatic rings. The van der Waals surface area contributed by atoms with E-state index in [1.807, 2.05) is 4.90 Å². The number of halogens is 1. The monoisotopic (exact) mass is 595 g/mol. The minimum atomic E-state index is -0.244. The summed E-state index contributed by atoms with van der Waals surface area (Å²) in [5, 5.41) is 12.2. The second kappa shape index (κ2) is 12.2. The molecule has 2 saturated heterocycles. The molecule has 0 radical (unpaired) electrons. The summed E-state index contributed by atoms with van der Waals surface area (Å²) >= 11 is 0. The molecule has 7 rings (SSSR count). The fraction of sp³-hybridized carbons (Fsp3) is 0.514. The highest BCUT2D eigenvalue weighted by atomic mass is 19.1. The van der Waals surface area contributed by atoms with Crippen LogP contribution in [0.1, 0.15) is 61.8 Å². The zero-order valence-corrected chi connectivity index (χ0v) is 25.9. The maximum Gasteiger partial charge on any atom is 0.318 e. The van der Waals surface area contributed by atoms with E-state index in [4.69, 9.17) is 14.7 Å². The van der Waals surface area contributed by atoms with Crippen LogP contribution in [0.2, 0.25) is 0 Å². The van der Waals surface area contributed by atoms with Gasteiger partial charge in [0, 0.05) is 55.1 Å². The number of nitriles is 1. The minimum Gasteiger partial charge on any atom is -0.462 e. The molecule has 0 N–H and O–H groups in total. The number of aromatic nitrogens is 2. The topological polar surface area (TPSA) is 71.8 Å². The van der Waals surface area contributed by atoms with Crippen LogP contribution in [-0.2, 0) is 13.0 Å². The highest BCUT2D eigenvalue weighted by Crippen LogP contribution is 2.46. The summed E-state index contributed by atoms with van der Waals surface area (Å²) in [6.45, 7) is 6.59. The predicted octanol–water partition coefficient (Wildman–Crippen LogP) is 5.78. The zero-order chi connectivity index (χ0) is 30.2. The number of hydrogen-bond acceptors (Lipinski definition) is 8. The Labute approximate surface area is 259 Å². The third-order valence-corrected chi connectivity index (χ3v) is 9.87. The molecule has 4 heterocycles. The van der Waals surface area contributed by atoms with E-state index >= 15 is 0 Å². The maximum absolute atomic E-state index is 13.9. The number of likely N-dealkylation sites (N-methyl/N-ethyl adjacent to an activating group) is 1. The first-order valence-corrected chi connectivity index (χ1v) is 16.2. The van der Waals surface area contributed by atoms with E-state index in [-0.39, 0.29) is 11.9 Å². The molecule has 2 aromatic carbocycles. The van der Waals surface area contributed by atoms with E-state index in [0.29, 0.717) is 57.2 Å². The number of likely N-dealkylation sites (tertiary alicyclic amines) is 1. The highest BCUT2D eigenvalue weighted by Gasteiger charge is 2.33. The van der Waals surface area contributed by atoms with E-state index < -0.39 is 0 Å². The van der Waals surface area contributed by atoms with Gasteiger partial charge in [0.15, 0.2) is 0 Å². The molecule has 2 atom stereocenters. The predicted molar refractivity (Wildman–Crippen MR) is 172 cm³/mol. The summed E-state index contributed by atoms with van der Waals surface area (Å²) in [6.07, 6.45) is 7.52. The van der Waals surface area contributed by atoms with E-state index in [2.05, 4.69) is 64.2 Å². The Bertz CT molecular complexity index is 1590. The van der Waals surface area contributed by atoms with E-state index in [1.165, 1.54) is 48.2 Å². The van der Waals surface area contributed by atoms with E-state index in [1.54, 1.807) is 6.20 Å². The first-order valence-electron chi connectivity index (χ1n) is 16.2. The van der Waals surface area contributed by atoms with Crippen molar-refractivity contribution in [2.45, 2.75) is 70.0 Å². The number of hydrogen-bond donors (Lipinski definition) is 0. The number of piperazine rings is 1. The van der Waals surface area contributed by atoms with Crippen LogP contribution in [0.15, 0.2) is 48.4 Å². The van der Waals surface area contributed by atoms with Crippen molar-refractivity contribution in [3.63, 3.8) is 0 Å². The van der Waals surface area contributed by atoms with Gasteiger partial charge in [-0.15, -0.1) is 0 Å². The Morgan fingerprint density at radius 1 is 1.05 bits per heavy atom. The van der Waals surface area contributed by atoms with E-state index in [0.717, 1.165) is 43.0 Å². The number of nitrogens with zero attached hydrogens (tertiary/aromatic N) is 7. The molecule has 44 heavy (non-hydrogen) atoms. The van der Waals surface area contributed by atoms with Crippen LogP contribution in [0.5, 0.6) is 6.01 Å². The average molecular weight is 596 g/mol. The van der Waals surface area contributed by atoms with Crippen LogP contribution in [0, 0.1) is 11.3 Å². The molecule has 1 aliphatic carbocycles. The first-order chi connectivity index (χ1) is 21.5. The van der Waals surface area contributed by atoms with Crippen LogP contribution in [-0.4, -0.2) is 78.2 Å². The number of rotatable bonds is 8. The molecule has 3 aliphatic heterocycles. The van der Waals surface area contributed by atoms with Gasteiger partial charge < -0.3 is 24.3 Å². The molecule has 0 unspecified atom stereocenters. The largest absolute Gasteiger partial charge is 0.462 e. The zero-order valence-electron chi connectivity index (χ0n) is 25.9. The van der Waals surface area contributed by atoms with Crippen LogP contribution in [0.25, 0.3) is 10.8 Å². The summed E-state index contributed by atoms with van der Waals surface area (Å²) in [7, 11) is 2.15. The molecular formula is C35H42FN7O. The normalized spacial score (nSPS) is 22.8. The summed E-state index contributed by atoms with van der Waals surface area (Å²) in [5.41, 5.74) is 4.92. The van der Waals surface area contributed by atoms with Gasteiger partial charge >= 0.3 is 6.01 Å². The molecule has 1 saturated carbocycles. The van der Waals surface area contributed by atoms with Crippen LogP contribution >= 0.6 is 0 Å². The number of benzene rings is 2. The van der Waals surface area contributed by atoms with Crippen LogP contribution < -0.4 is 14.5 Å². The third kappa shape index (κ3) is 5.80. The lowest BCUT2D eigenvalue weighted by atomic mass is 9.97. The molecule has 8 nitrogen and oxygen atoms in total. The van der Waals surface area contributed by atoms with Crippen molar-refractivity contribution in [2.24, 2.45) is 0 Å². The van der Waals surface area contributed by atoms with Gasteiger partial charge in [-0.3, -0.25) is 0 Å². The van der Waals surface area contributed by atoms with Crippen molar-refractivity contribution in [3.8, 4) is 12.1 Å². The summed E-state index contributed by atoms with van der Waals surface area (Å²) in [4.78, 5) is 19.2. The van der Waals surface area contributed by atoms with Crippen LogP contribution in [0.4, 0.5) is 15.9 Å². The smallest absolute Gasteiger partial charge is 0.318 e. The second-order valence-corrected chi connectivity index (χ2v) is 12.9. The number of ether oxygens (including phenoxy) is 1. The van der Waals surface area contributed by atoms with Crippen LogP contribution in [0.3, 0.4) is 0 Å². The van der Waals surface area contributed by atoms with Gasteiger partial charge in [0.25, 0.3) is 0 Å². The lowest BCUT2D eigenvalue weighted by molar-refractivity contribution is 0.187. The van der Waals surface area contributed by atoms with Gasteiger partial charge in [-0.2, -0.15) is 15.2 Å². The lowest BCUT2D eigenvalue weighted by Crippen LogP contribution is -2.51. The molecule has 0 bridgehead atoms. The molecule has 9 heteroatoms. The molecule has 0 amide bonds. The Kier molecular flexibility index (Phi) is 8.02. The molecule has 3 aromatic rings. The van der Waals surface area contributed by atoms with Crippen molar-refractivity contribution in [2.75, 3.05) is 56.2 Å². The second-order valence-electron chi connectivity index (χ2n) is 12.9. The van der Waals surface area contributed by atoms with Crippen molar-refractivity contribution in [1.29, 1.82) is 5.26 Å². The molecule has 0 spiro atoms. The standard InChI is InChI=1S/C35H42FN7O/c1-24(36)20-41-18-19-43(21-27(41)13-15-37)34-30-14-17-42(22-31(30)38-35(39-34)44-23-28-8-5-16-40(28)2)32-10-4-7-26-6-3-9-29(33(26)32)25-11-12-25/h3-4,6-7,9-10,20,25,27-28H,5,8,11-14,16-19,21-23H2,1-2H3/t27-,28-/m0/s1. The molecule has 3 fully saturated rings. The first kappa shape index (κ1) is 28.8. The van der Waals surface area contributed by atoms with Crippen molar-refractivity contribution >= 4 is 22.3 Å². The van der Waals surface area contributed by atoms with Gasteiger partial charge in [-0.25, -0.2) is 4.39 Å².